The first kappa shape index (κ1) is 21.1. The molecule has 0 spiro atoms. The third-order valence-electron chi connectivity index (χ3n) is 5.76. The molecule has 0 N–H and O–H groups in total. The average molecular weight is 464 g/mol. The molecule has 1 amide bonds. The number of methoxy groups -OCH3 is 1. The van der Waals surface area contributed by atoms with Crippen LogP contribution in [-0.2, 0) is 0 Å². The summed E-state index contributed by atoms with van der Waals surface area (Å²) in [4.78, 5) is 25.9. The first-order chi connectivity index (χ1) is 16.0. The van der Waals surface area contributed by atoms with Crippen LogP contribution >= 0.6 is 11.6 Å². The largest absolute Gasteiger partial charge is 0.496 e. The lowest BCUT2D eigenvalue weighted by Gasteiger charge is -2.35. The number of piperazine rings is 1. The van der Waals surface area contributed by atoms with Crippen molar-refractivity contribution < 1.29 is 9.53 Å². The number of carbonyl (C=O) groups excluding carboxylic acids is 1. The highest BCUT2D eigenvalue weighted by Gasteiger charge is 2.27. The zero-order chi connectivity index (χ0) is 22.9. The Morgan fingerprint density at radius 1 is 1.03 bits per heavy atom. The number of anilines is 1. The average Bonchev–Trinajstić information content (AvgIpc) is 3.28. The maximum absolute atomic E-state index is 13.1. The van der Waals surface area contributed by atoms with Crippen LogP contribution in [0.3, 0.4) is 0 Å². The smallest absolute Gasteiger partial charge is 0.257 e. The molecular formula is C23H22ClN7O2. The summed E-state index contributed by atoms with van der Waals surface area (Å²) in [5, 5.41) is 9.17. The predicted octanol–water partition coefficient (Wildman–Crippen LogP) is 3.14. The standard InChI is InChI=1S/C23H22ClN7O2/c1-15-3-6-17(7-4-15)31-22-20(27-28-31)21(25-14-26-22)29-9-11-30(12-10-29)23(32)18-13-16(24)5-8-19(18)33-2/h3-8,13-14H,9-12H2,1-2H3. The number of fused-ring (bicyclic) bond motifs is 1. The lowest BCUT2D eigenvalue weighted by atomic mass is 10.1. The van der Waals surface area contributed by atoms with Crippen LogP contribution in [0, 0.1) is 6.92 Å². The Morgan fingerprint density at radius 2 is 1.79 bits per heavy atom. The van der Waals surface area contributed by atoms with E-state index < -0.39 is 0 Å². The van der Waals surface area contributed by atoms with E-state index in [-0.39, 0.29) is 5.91 Å². The van der Waals surface area contributed by atoms with Crippen LogP contribution in [0.5, 0.6) is 5.75 Å². The van der Waals surface area contributed by atoms with E-state index in [1.54, 1.807) is 34.9 Å². The fourth-order valence-corrected chi connectivity index (χ4v) is 4.14. The minimum Gasteiger partial charge on any atom is -0.496 e. The summed E-state index contributed by atoms with van der Waals surface area (Å²) in [6.07, 6.45) is 1.53. The van der Waals surface area contributed by atoms with E-state index in [4.69, 9.17) is 16.3 Å². The number of hydrogen-bond donors (Lipinski definition) is 0. The number of ether oxygens (including phenoxy) is 1. The lowest BCUT2D eigenvalue weighted by molar-refractivity contribution is 0.0743. The van der Waals surface area contributed by atoms with Crippen molar-refractivity contribution in [2.24, 2.45) is 0 Å². The highest BCUT2D eigenvalue weighted by molar-refractivity contribution is 6.31. The number of amides is 1. The van der Waals surface area contributed by atoms with Crippen molar-refractivity contribution in [2.75, 3.05) is 38.2 Å². The molecule has 5 rings (SSSR count). The Labute approximate surface area is 195 Å². The van der Waals surface area contributed by atoms with Gasteiger partial charge in [-0.25, -0.2) is 9.97 Å². The molecule has 1 aliphatic rings. The Morgan fingerprint density at radius 3 is 2.52 bits per heavy atom. The van der Waals surface area contributed by atoms with Crippen molar-refractivity contribution in [1.82, 2.24) is 29.9 Å². The van der Waals surface area contributed by atoms with Crippen molar-refractivity contribution in [3.8, 4) is 11.4 Å². The second-order valence-corrected chi connectivity index (χ2v) is 8.27. The zero-order valence-electron chi connectivity index (χ0n) is 18.3. The number of halogens is 1. The molecule has 2 aromatic carbocycles. The molecule has 0 saturated carbocycles. The summed E-state index contributed by atoms with van der Waals surface area (Å²) in [6, 6.07) is 13.1. The van der Waals surface area contributed by atoms with E-state index in [2.05, 4.69) is 25.2 Å². The van der Waals surface area contributed by atoms with Crippen molar-refractivity contribution in [3.05, 3.63) is 64.9 Å². The van der Waals surface area contributed by atoms with E-state index in [1.807, 2.05) is 31.2 Å². The number of hydrogen-bond acceptors (Lipinski definition) is 7. The van der Waals surface area contributed by atoms with Gasteiger partial charge in [-0.1, -0.05) is 34.5 Å². The normalized spacial score (nSPS) is 14.0. The van der Waals surface area contributed by atoms with Crippen LogP contribution in [0.1, 0.15) is 15.9 Å². The minimum absolute atomic E-state index is 0.104. The molecule has 0 atom stereocenters. The summed E-state index contributed by atoms with van der Waals surface area (Å²) < 4.78 is 7.06. The van der Waals surface area contributed by atoms with Crippen molar-refractivity contribution in [1.29, 1.82) is 0 Å². The highest BCUT2D eigenvalue weighted by atomic mass is 35.5. The van der Waals surface area contributed by atoms with E-state index in [1.165, 1.54) is 11.9 Å². The molecule has 1 saturated heterocycles. The van der Waals surface area contributed by atoms with Gasteiger partial charge in [-0.05, 0) is 37.3 Å². The third kappa shape index (κ3) is 3.95. The van der Waals surface area contributed by atoms with Crippen LogP contribution in [-0.4, -0.2) is 69.1 Å². The number of rotatable bonds is 4. The molecule has 2 aromatic heterocycles. The molecule has 168 valence electrons. The summed E-state index contributed by atoms with van der Waals surface area (Å²) in [5.74, 6) is 1.12. The van der Waals surface area contributed by atoms with Gasteiger partial charge in [0.05, 0.1) is 18.4 Å². The first-order valence-corrected chi connectivity index (χ1v) is 10.9. The molecule has 0 unspecified atom stereocenters. The van der Waals surface area contributed by atoms with Crippen LogP contribution in [0.25, 0.3) is 16.9 Å². The van der Waals surface area contributed by atoms with E-state index in [0.717, 1.165) is 5.69 Å². The molecule has 0 radical (unpaired) electrons. The Hall–Kier alpha value is -3.72. The Bertz CT molecular complexity index is 1310. The van der Waals surface area contributed by atoms with Crippen molar-refractivity contribution in [3.63, 3.8) is 0 Å². The maximum Gasteiger partial charge on any atom is 0.257 e. The van der Waals surface area contributed by atoms with Gasteiger partial charge in [0, 0.05) is 31.2 Å². The zero-order valence-corrected chi connectivity index (χ0v) is 19.0. The second kappa shape index (κ2) is 8.67. The number of carbonyl (C=O) groups is 1. The number of aryl methyl sites for hydroxylation is 1. The van der Waals surface area contributed by atoms with Gasteiger partial charge in [0.25, 0.3) is 5.91 Å². The quantitative estimate of drug-likeness (QED) is 0.459. The van der Waals surface area contributed by atoms with Crippen molar-refractivity contribution >= 4 is 34.5 Å². The molecule has 9 nitrogen and oxygen atoms in total. The molecule has 4 aromatic rings. The lowest BCUT2D eigenvalue weighted by Crippen LogP contribution is -2.49. The topological polar surface area (TPSA) is 89.3 Å². The number of aromatic nitrogens is 5. The molecule has 0 aliphatic carbocycles. The number of benzene rings is 2. The minimum atomic E-state index is -0.104. The highest BCUT2D eigenvalue weighted by Crippen LogP contribution is 2.27. The Kier molecular flexibility index (Phi) is 5.55. The van der Waals surface area contributed by atoms with Gasteiger partial charge < -0.3 is 14.5 Å². The van der Waals surface area contributed by atoms with Gasteiger partial charge >= 0.3 is 0 Å². The van der Waals surface area contributed by atoms with Crippen LogP contribution in [0.15, 0.2) is 48.8 Å². The van der Waals surface area contributed by atoms with E-state index in [0.29, 0.717) is 59.5 Å². The van der Waals surface area contributed by atoms with Crippen LogP contribution in [0.2, 0.25) is 5.02 Å². The summed E-state index contributed by atoms with van der Waals surface area (Å²) in [6.45, 7) is 4.32. The molecule has 1 fully saturated rings. The van der Waals surface area contributed by atoms with Gasteiger partial charge in [-0.2, -0.15) is 4.68 Å². The van der Waals surface area contributed by atoms with Gasteiger partial charge in [0.1, 0.15) is 12.1 Å². The molecule has 33 heavy (non-hydrogen) atoms. The fraction of sp³-hybridized carbons (Fsp3) is 0.261. The predicted molar refractivity (Wildman–Crippen MR) is 125 cm³/mol. The maximum atomic E-state index is 13.1. The number of nitrogens with zero attached hydrogens (tertiary/aromatic N) is 7. The summed E-state index contributed by atoms with van der Waals surface area (Å²) in [7, 11) is 1.54. The molecule has 0 bridgehead atoms. The monoisotopic (exact) mass is 463 g/mol. The van der Waals surface area contributed by atoms with E-state index >= 15 is 0 Å². The molecule has 1 aliphatic heterocycles. The second-order valence-electron chi connectivity index (χ2n) is 7.83. The van der Waals surface area contributed by atoms with Gasteiger partial charge in [0.15, 0.2) is 17.0 Å². The molecule has 3 heterocycles. The Balaban J connectivity index is 1.36. The van der Waals surface area contributed by atoms with Gasteiger partial charge in [-0.3, -0.25) is 4.79 Å². The van der Waals surface area contributed by atoms with Gasteiger partial charge in [-0.15, -0.1) is 5.10 Å². The van der Waals surface area contributed by atoms with Crippen LogP contribution < -0.4 is 9.64 Å². The van der Waals surface area contributed by atoms with Crippen LogP contribution in [0.4, 0.5) is 5.82 Å². The van der Waals surface area contributed by atoms with E-state index in [9.17, 15) is 4.79 Å². The molecule has 10 heteroatoms. The SMILES string of the molecule is COc1ccc(Cl)cc1C(=O)N1CCN(c2ncnc3c2nnn3-c2ccc(C)cc2)CC1. The summed E-state index contributed by atoms with van der Waals surface area (Å²) >= 11 is 6.11. The third-order valence-corrected chi connectivity index (χ3v) is 5.99. The first-order valence-electron chi connectivity index (χ1n) is 10.6. The fourth-order valence-electron chi connectivity index (χ4n) is 3.97. The van der Waals surface area contributed by atoms with Crippen molar-refractivity contribution in [2.45, 2.75) is 6.92 Å². The summed E-state index contributed by atoms with van der Waals surface area (Å²) in [5.41, 5.74) is 3.80. The van der Waals surface area contributed by atoms with Gasteiger partial charge in [0.2, 0.25) is 0 Å². The molecular weight excluding hydrogens is 442 g/mol.